The highest BCUT2D eigenvalue weighted by Crippen LogP contribution is 2.32. The normalized spacial score (nSPS) is 23.1. The van der Waals surface area contributed by atoms with Crippen LogP contribution >= 0.6 is 0 Å². The van der Waals surface area contributed by atoms with Crippen LogP contribution in [-0.2, 0) is 14.8 Å². The summed E-state index contributed by atoms with van der Waals surface area (Å²) in [5.74, 6) is 1.25. The summed E-state index contributed by atoms with van der Waals surface area (Å²) in [7, 11) is -1.49. The molecule has 2 atom stereocenters. The Morgan fingerprint density at radius 1 is 0.977 bits per heavy atom. The molecule has 0 spiro atoms. The van der Waals surface area contributed by atoms with E-state index < -0.39 is 10.0 Å². The van der Waals surface area contributed by atoms with E-state index in [2.05, 4.69) is 51.4 Å². The van der Waals surface area contributed by atoms with Crippen molar-refractivity contribution in [1.29, 1.82) is 0 Å². The van der Waals surface area contributed by atoms with Crippen LogP contribution in [0.5, 0.6) is 0 Å². The fourth-order valence-corrected chi connectivity index (χ4v) is 7.52. The molecule has 3 fully saturated rings. The Bertz CT molecular complexity index is 1370. The minimum atomic E-state index is -3.17. The van der Waals surface area contributed by atoms with Crippen molar-refractivity contribution < 1.29 is 17.9 Å². The van der Waals surface area contributed by atoms with Crippen LogP contribution < -0.4 is 5.32 Å². The summed E-state index contributed by atoms with van der Waals surface area (Å²) in [6.07, 6.45) is 8.10. The largest absolute Gasteiger partial charge is 0.368 e. The smallest absolute Gasteiger partial charge is 0.272 e. The monoisotopic (exact) mass is 612 g/mol. The fourth-order valence-electron chi connectivity index (χ4n) is 6.76. The Balaban J connectivity index is 1.14. The number of hydrogen-bond donors (Lipinski definition) is 1. The molecule has 1 aromatic heterocycles. The second kappa shape index (κ2) is 13.6. The first kappa shape index (κ1) is 31.8. The van der Waals surface area contributed by atoms with Gasteiger partial charge in [0.1, 0.15) is 17.3 Å². The summed E-state index contributed by atoms with van der Waals surface area (Å²) in [5, 5.41) is 3.48. The number of hydrogen-bond acceptors (Lipinski definition) is 8. The van der Waals surface area contributed by atoms with Gasteiger partial charge in [-0.05, 0) is 84.4 Å². The Kier molecular flexibility index (Phi) is 10.0. The number of amides is 1. The molecule has 10 nitrogen and oxygen atoms in total. The molecule has 0 radical (unpaired) electrons. The maximum atomic E-state index is 13.7. The van der Waals surface area contributed by atoms with E-state index in [4.69, 9.17) is 4.74 Å². The summed E-state index contributed by atoms with van der Waals surface area (Å²) < 4.78 is 31.8. The first-order chi connectivity index (χ1) is 20.5. The van der Waals surface area contributed by atoms with E-state index in [-0.39, 0.29) is 24.2 Å². The van der Waals surface area contributed by atoms with Gasteiger partial charge in [0.2, 0.25) is 10.0 Å². The molecule has 4 heterocycles. The van der Waals surface area contributed by atoms with E-state index >= 15 is 0 Å². The number of carbonyl (C=O) groups is 1. The molecule has 5 rings (SSSR count). The molecule has 1 unspecified atom stereocenters. The highest BCUT2D eigenvalue weighted by molar-refractivity contribution is 7.88. The van der Waals surface area contributed by atoms with Crippen LogP contribution in [0.4, 0.5) is 5.82 Å². The second-order valence-electron chi connectivity index (χ2n) is 12.6. The fraction of sp³-hybridized carbons (Fsp3) is 0.656. The number of ether oxygens (including phenoxy) is 1. The van der Waals surface area contributed by atoms with E-state index in [1.807, 2.05) is 18.7 Å². The Morgan fingerprint density at radius 3 is 2.30 bits per heavy atom. The predicted molar refractivity (Wildman–Crippen MR) is 169 cm³/mol. The first-order valence-electron chi connectivity index (χ1n) is 15.8. The number of piperidine rings is 2. The van der Waals surface area contributed by atoms with Crippen molar-refractivity contribution in [2.24, 2.45) is 0 Å². The van der Waals surface area contributed by atoms with Gasteiger partial charge in [0.25, 0.3) is 5.91 Å². The van der Waals surface area contributed by atoms with E-state index in [9.17, 15) is 13.2 Å². The third-order valence-corrected chi connectivity index (χ3v) is 10.9. The van der Waals surface area contributed by atoms with Gasteiger partial charge in [-0.25, -0.2) is 22.7 Å². The standard InChI is InChI=1S/C32H48N6O4S/c1-22-9-11-25(12-10-22)29-8-6-7-28(42-29)21-33-31-23(2)30(34-24(3)35-31)32(39)38-19-15-27(16-20-38)37-17-13-26(14-18-37)36(4)43(5,40)41/h9-12,26-29H,6-8,13-21H2,1-5H3,(H,33,34,35)/t28?,29-/m0/s1. The Hall–Kier alpha value is -2.60. The number of aromatic nitrogens is 2. The molecule has 1 N–H and O–H groups in total. The molecule has 2 aromatic rings. The van der Waals surface area contributed by atoms with Crippen molar-refractivity contribution in [3.05, 3.63) is 52.5 Å². The number of carbonyl (C=O) groups excluding carboxylic acids is 1. The molecule has 11 heteroatoms. The van der Waals surface area contributed by atoms with Gasteiger partial charge in [-0.15, -0.1) is 0 Å². The van der Waals surface area contributed by atoms with Gasteiger partial charge in [-0.3, -0.25) is 4.79 Å². The Morgan fingerprint density at radius 2 is 1.65 bits per heavy atom. The number of sulfonamides is 1. The van der Waals surface area contributed by atoms with Crippen LogP contribution in [0.15, 0.2) is 24.3 Å². The summed E-state index contributed by atoms with van der Waals surface area (Å²) in [4.78, 5) is 27.3. The lowest BCUT2D eigenvalue weighted by Crippen LogP contribution is -2.52. The topological polar surface area (TPSA) is 108 Å². The van der Waals surface area contributed by atoms with Crippen molar-refractivity contribution >= 4 is 21.7 Å². The van der Waals surface area contributed by atoms with Gasteiger partial charge < -0.3 is 19.9 Å². The number of nitrogens with zero attached hydrogens (tertiary/aromatic N) is 5. The molecule has 3 aliphatic rings. The summed E-state index contributed by atoms with van der Waals surface area (Å²) in [6.45, 7) is 9.65. The average molecular weight is 613 g/mol. The number of aryl methyl sites for hydroxylation is 2. The van der Waals surface area contributed by atoms with Gasteiger partial charge in [0.15, 0.2) is 0 Å². The van der Waals surface area contributed by atoms with Crippen LogP contribution in [0.3, 0.4) is 0 Å². The van der Waals surface area contributed by atoms with Gasteiger partial charge in [-0.2, -0.15) is 0 Å². The molecule has 0 bridgehead atoms. The third-order valence-electron chi connectivity index (χ3n) is 9.56. The SMILES string of the molecule is Cc1ccc([C@@H]2CCCC(CNc3nc(C)nc(C(=O)N4CCC(N5CCC(N(C)S(C)(=O)=O)CC5)CC4)c3C)O2)cc1. The second-order valence-corrected chi connectivity index (χ2v) is 14.7. The molecular weight excluding hydrogens is 564 g/mol. The van der Waals surface area contributed by atoms with Crippen LogP contribution in [-0.4, -0.2) is 103 Å². The van der Waals surface area contributed by atoms with Crippen molar-refractivity contribution in [2.45, 2.75) is 90.0 Å². The zero-order valence-corrected chi connectivity index (χ0v) is 27.2. The third kappa shape index (κ3) is 7.74. The number of likely N-dealkylation sites (tertiary alicyclic amines) is 2. The molecule has 236 valence electrons. The predicted octanol–water partition coefficient (Wildman–Crippen LogP) is 4.08. The van der Waals surface area contributed by atoms with Crippen molar-refractivity contribution in [2.75, 3.05) is 51.3 Å². The minimum absolute atomic E-state index is 0.0358. The van der Waals surface area contributed by atoms with Crippen LogP contribution in [0.2, 0.25) is 0 Å². The lowest BCUT2D eigenvalue weighted by molar-refractivity contribution is -0.0442. The molecular formula is C32H48N6O4S. The highest BCUT2D eigenvalue weighted by atomic mass is 32.2. The zero-order chi connectivity index (χ0) is 30.7. The van der Waals surface area contributed by atoms with Crippen molar-refractivity contribution in [3.63, 3.8) is 0 Å². The maximum absolute atomic E-state index is 13.7. The highest BCUT2D eigenvalue weighted by Gasteiger charge is 2.33. The van der Waals surface area contributed by atoms with Gasteiger partial charge >= 0.3 is 0 Å². The molecule has 1 aromatic carbocycles. The molecule has 3 aliphatic heterocycles. The van der Waals surface area contributed by atoms with E-state index in [1.54, 1.807) is 7.05 Å². The van der Waals surface area contributed by atoms with Crippen molar-refractivity contribution in [3.8, 4) is 0 Å². The van der Waals surface area contributed by atoms with Crippen molar-refractivity contribution in [1.82, 2.24) is 24.1 Å². The van der Waals surface area contributed by atoms with E-state index in [0.29, 0.717) is 43.0 Å². The number of anilines is 1. The lowest BCUT2D eigenvalue weighted by Gasteiger charge is -2.43. The quantitative estimate of drug-likeness (QED) is 0.475. The first-order valence-corrected chi connectivity index (χ1v) is 17.6. The van der Waals surface area contributed by atoms with Crippen LogP contribution in [0, 0.1) is 20.8 Å². The number of benzene rings is 1. The zero-order valence-electron chi connectivity index (χ0n) is 26.4. The van der Waals surface area contributed by atoms with Crippen LogP contribution in [0.25, 0.3) is 0 Å². The molecule has 1 amide bonds. The molecule has 0 aliphatic carbocycles. The average Bonchev–Trinajstić information content (AvgIpc) is 3.01. The summed E-state index contributed by atoms with van der Waals surface area (Å²) in [5.41, 5.74) is 3.73. The lowest BCUT2D eigenvalue weighted by atomic mass is 9.97. The molecule has 3 saturated heterocycles. The maximum Gasteiger partial charge on any atom is 0.272 e. The summed E-state index contributed by atoms with van der Waals surface area (Å²) in [6, 6.07) is 9.09. The minimum Gasteiger partial charge on any atom is -0.368 e. The summed E-state index contributed by atoms with van der Waals surface area (Å²) >= 11 is 0. The van der Waals surface area contributed by atoms with Gasteiger partial charge in [0, 0.05) is 44.3 Å². The molecule has 0 saturated carbocycles. The number of nitrogens with one attached hydrogen (secondary N) is 1. The van der Waals surface area contributed by atoms with E-state index in [1.165, 1.54) is 21.7 Å². The van der Waals surface area contributed by atoms with E-state index in [0.717, 1.165) is 63.6 Å². The Labute approximate surface area is 257 Å². The number of rotatable bonds is 8. The van der Waals surface area contributed by atoms with Gasteiger partial charge in [-0.1, -0.05) is 29.8 Å². The van der Waals surface area contributed by atoms with Gasteiger partial charge in [0.05, 0.1) is 18.5 Å². The molecule has 43 heavy (non-hydrogen) atoms. The van der Waals surface area contributed by atoms with Crippen LogP contribution in [0.1, 0.15) is 84.1 Å².